The van der Waals surface area contributed by atoms with Crippen LogP contribution in [-0.2, 0) is 4.79 Å². The summed E-state index contributed by atoms with van der Waals surface area (Å²) in [6.45, 7) is 2.02. The van der Waals surface area contributed by atoms with Gasteiger partial charge in [-0.25, -0.2) is 0 Å². The molecule has 0 aliphatic rings. The fraction of sp³-hybridized carbons (Fsp3) is 0.833. The number of hydrogen-bond acceptors (Lipinski definition) is 3. The zero-order valence-corrected chi connectivity index (χ0v) is 7.79. The zero-order valence-electron chi connectivity index (χ0n) is 6.00. The molecule has 0 aromatic rings. The first-order valence-electron chi connectivity index (χ1n) is 3.29. The van der Waals surface area contributed by atoms with Crippen molar-refractivity contribution in [1.29, 1.82) is 0 Å². The molecule has 0 heterocycles. The van der Waals surface area contributed by atoms with Gasteiger partial charge in [0.15, 0.2) is 0 Å². The van der Waals surface area contributed by atoms with Crippen molar-refractivity contribution in [3.8, 4) is 0 Å². The summed E-state index contributed by atoms with van der Waals surface area (Å²) in [5.41, 5.74) is 0. The molecule has 0 saturated heterocycles. The summed E-state index contributed by atoms with van der Waals surface area (Å²) in [5, 5.41) is 2.41. The highest BCUT2D eigenvalue weighted by Crippen LogP contribution is 2.03. The summed E-state index contributed by atoms with van der Waals surface area (Å²) in [7, 11) is 0. The third kappa shape index (κ3) is 4.06. The number of hydrogen-bond donors (Lipinski definition) is 3. The maximum Gasteiger partial charge on any atom is 0.233 e. The van der Waals surface area contributed by atoms with Gasteiger partial charge >= 0.3 is 0 Å². The largest absolute Gasteiger partial charge is 0.346 e. The van der Waals surface area contributed by atoms with Crippen LogP contribution in [0.25, 0.3) is 0 Å². The smallest absolute Gasteiger partial charge is 0.233 e. The minimum atomic E-state index is -0.169. The highest BCUT2D eigenvalue weighted by molar-refractivity contribution is 7.81. The van der Waals surface area contributed by atoms with Gasteiger partial charge in [0.2, 0.25) is 5.91 Å². The van der Waals surface area contributed by atoms with Crippen LogP contribution in [0.3, 0.4) is 0 Å². The van der Waals surface area contributed by atoms with Gasteiger partial charge in [0.25, 0.3) is 0 Å². The van der Waals surface area contributed by atoms with Crippen LogP contribution in [-0.4, -0.2) is 17.0 Å². The highest BCUT2D eigenvalue weighted by Gasteiger charge is 2.10. The van der Waals surface area contributed by atoms with Gasteiger partial charge in [-0.2, -0.15) is 25.3 Å². The SMILES string of the molecule is CCCC(S)C(=O)NCS. The van der Waals surface area contributed by atoms with E-state index in [1.165, 1.54) is 0 Å². The van der Waals surface area contributed by atoms with Crippen molar-refractivity contribution in [1.82, 2.24) is 5.32 Å². The van der Waals surface area contributed by atoms with Crippen molar-refractivity contribution < 1.29 is 4.79 Å². The maximum absolute atomic E-state index is 10.9. The van der Waals surface area contributed by atoms with Gasteiger partial charge in [0.05, 0.1) is 11.1 Å². The molecule has 0 bridgehead atoms. The average molecular weight is 179 g/mol. The molecule has 0 rings (SSSR count). The Hall–Kier alpha value is 0.170. The van der Waals surface area contributed by atoms with Gasteiger partial charge in [-0.05, 0) is 6.42 Å². The summed E-state index contributed by atoms with van der Waals surface area (Å²) in [4.78, 5) is 10.9. The van der Waals surface area contributed by atoms with Gasteiger partial charge in [-0.1, -0.05) is 13.3 Å². The molecule has 1 N–H and O–H groups in total. The van der Waals surface area contributed by atoms with E-state index in [-0.39, 0.29) is 11.2 Å². The molecule has 4 heteroatoms. The van der Waals surface area contributed by atoms with Crippen molar-refractivity contribution >= 4 is 31.2 Å². The van der Waals surface area contributed by atoms with E-state index < -0.39 is 0 Å². The molecule has 0 aromatic carbocycles. The van der Waals surface area contributed by atoms with E-state index in [9.17, 15) is 4.79 Å². The van der Waals surface area contributed by atoms with Crippen molar-refractivity contribution in [2.24, 2.45) is 0 Å². The number of amides is 1. The van der Waals surface area contributed by atoms with Gasteiger partial charge in [0.1, 0.15) is 0 Å². The lowest BCUT2D eigenvalue weighted by atomic mass is 10.2. The molecular weight excluding hydrogens is 166 g/mol. The summed E-state index contributed by atoms with van der Waals surface area (Å²) in [5.74, 6) is 0.361. The monoisotopic (exact) mass is 179 g/mol. The van der Waals surface area contributed by atoms with Gasteiger partial charge in [-0.15, -0.1) is 0 Å². The van der Waals surface area contributed by atoms with Crippen LogP contribution in [0, 0.1) is 0 Å². The first-order chi connectivity index (χ1) is 4.72. The van der Waals surface area contributed by atoms with Crippen LogP contribution in [0.5, 0.6) is 0 Å². The molecule has 1 atom stereocenters. The number of thiol groups is 2. The van der Waals surface area contributed by atoms with E-state index in [0.29, 0.717) is 5.88 Å². The summed E-state index contributed by atoms with van der Waals surface area (Å²) >= 11 is 7.95. The van der Waals surface area contributed by atoms with Gasteiger partial charge in [0, 0.05) is 0 Å². The Morgan fingerprint density at radius 2 is 2.30 bits per heavy atom. The van der Waals surface area contributed by atoms with E-state index in [0.717, 1.165) is 12.8 Å². The molecular formula is C6H13NOS2. The third-order valence-electron chi connectivity index (χ3n) is 1.12. The minimum Gasteiger partial charge on any atom is -0.346 e. The average Bonchev–Trinajstić information content (AvgIpc) is 1.89. The second-order valence-electron chi connectivity index (χ2n) is 2.00. The Labute approximate surface area is 72.6 Å². The first kappa shape index (κ1) is 10.2. The topological polar surface area (TPSA) is 29.1 Å². The first-order valence-corrected chi connectivity index (χ1v) is 4.43. The Balaban J connectivity index is 3.49. The third-order valence-corrected chi connectivity index (χ3v) is 1.77. The van der Waals surface area contributed by atoms with E-state index in [4.69, 9.17) is 0 Å². The molecule has 10 heavy (non-hydrogen) atoms. The van der Waals surface area contributed by atoms with Crippen molar-refractivity contribution in [2.45, 2.75) is 25.0 Å². The normalized spacial score (nSPS) is 12.7. The zero-order chi connectivity index (χ0) is 7.98. The Kier molecular flexibility index (Phi) is 6.02. The standard InChI is InChI=1S/C6H13NOS2/c1-2-3-5(10)6(8)7-4-9/h5,9-10H,2-4H2,1H3,(H,7,8). The fourth-order valence-electron chi connectivity index (χ4n) is 0.600. The molecule has 0 aromatic heterocycles. The number of rotatable bonds is 4. The van der Waals surface area contributed by atoms with Gasteiger partial charge < -0.3 is 5.32 Å². The predicted octanol–water partition coefficient (Wildman–Crippen LogP) is 1.09. The number of nitrogens with one attached hydrogen (secondary N) is 1. The second kappa shape index (κ2) is 5.92. The summed E-state index contributed by atoms with van der Waals surface area (Å²) in [6, 6.07) is 0. The lowest BCUT2D eigenvalue weighted by Crippen LogP contribution is -2.30. The van der Waals surface area contributed by atoms with Crippen LogP contribution in [0.1, 0.15) is 19.8 Å². The van der Waals surface area contributed by atoms with Crippen molar-refractivity contribution in [2.75, 3.05) is 5.88 Å². The predicted molar refractivity (Wildman–Crippen MR) is 49.7 cm³/mol. The van der Waals surface area contributed by atoms with Crippen molar-refractivity contribution in [3.05, 3.63) is 0 Å². The lowest BCUT2D eigenvalue weighted by Gasteiger charge is -2.07. The Bertz CT molecular complexity index is 108. The minimum absolute atomic E-state index is 0.0276. The van der Waals surface area contributed by atoms with Crippen LogP contribution >= 0.6 is 25.3 Å². The fourth-order valence-corrected chi connectivity index (χ4v) is 1.11. The molecule has 0 aliphatic carbocycles. The molecule has 0 aliphatic heterocycles. The van der Waals surface area contributed by atoms with E-state index >= 15 is 0 Å². The molecule has 0 radical (unpaired) electrons. The van der Waals surface area contributed by atoms with Crippen LogP contribution < -0.4 is 5.32 Å². The molecule has 1 unspecified atom stereocenters. The quantitative estimate of drug-likeness (QED) is 0.437. The summed E-state index contributed by atoms with van der Waals surface area (Å²) < 4.78 is 0. The van der Waals surface area contributed by atoms with Crippen molar-refractivity contribution in [3.63, 3.8) is 0 Å². The molecule has 0 fully saturated rings. The van der Waals surface area contributed by atoms with Crippen LogP contribution in [0.2, 0.25) is 0 Å². The highest BCUT2D eigenvalue weighted by atomic mass is 32.1. The molecule has 1 amide bonds. The summed E-state index contributed by atoms with van der Waals surface area (Å²) in [6.07, 6.45) is 1.80. The van der Waals surface area contributed by atoms with Gasteiger partial charge in [-0.3, -0.25) is 4.79 Å². The number of carbonyl (C=O) groups is 1. The molecule has 0 spiro atoms. The maximum atomic E-state index is 10.9. The lowest BCUT2D eigenvalue weighted by molar-refractivity contribution is -0.120. The molecule has 2 nitrogen and oxygen atoms in total. The second-order valence-corrected chi connectivity index (χ2v) is 2.94. The number of carbonyl (C=O) groups excluding carboxylic acids is 1. The Morgan fingerprint density at radius 1 is 1.70 bits per heavy atom. The van der Waals surface area contributed by atoms with E-state index in [2.05, 4.69) is 30.6 Å². The molecule has 60 valence electrons. The molecule has 0 saturated carbocycles. The van der Waals surface area contributed by atoms with Crippen LogP contribution in [0.15, 0.2) is 0 Å². The Morgan fingerprint density at radius 3 is 2.70 bits per heavy atom. The van der Waals surface area contributed by atoms with Crippen LogP contribution in [0.4, 0.5) is 0 Å². The van der Waals surface area contributed by atoms with E-state index in [1.54, 1.807) is 0 Å². The van der Waals surface area contributed by atoms with E-state index in [1.807, 2.05) is 6.92 Å².